The average Bonchev–Trinajstić information content (AvgIpc) is 3.43. The van der Waals surface area contributed by atoms with Gasteiger partial charge in [0.2, 0.25) is 11.8 Å². The number of fused-ring (bicyclic) bond motifs is 2. The van der Waals surface area contributed by atoms with E-state index in [1.807, 2.05) is 18.2 Å². The second-order valence-corrected chi connectivity index (χ2v) is 12.6. The zero-order valence-electron chi connectivity index (χ0n) is 20.4. The average molecular weight is 657 g/mol. The minimum absolute atomic E-state index is 0.293. The van der Waals surface area contributed by atoms with E-state index in [1.165, 1.54) is 16.7 Å². The fourth-order valence-corrected chi connectivity index (χ4v) is 7.90. The molecule has 0 radical (unpaired) electrons. The lowest BCUT2D eigenvalue weighted by Gasteiger charge is -2.31. The second-order valence-electron chi connectivity index (χ2n) is 9.12. The van der Waals surface area contributed by atoms with E-state index >= 15 is 0 Å². The van der Waals surface area contributed by atoms with E-state index in [0.717, 1.165) is 15.8 Å². The Morgan fingerprint density at radius 2 is 1.77 bits per heavy atom. The van der Waals surface area contributed by atoms with Crippen LogP contribution in [-0.2, 0) is 14.4 Å². The molecule has 1 aromatic heterocycles. The zero-order valence-corrected chi connectivity index (χ0v) is 24.4. The number of hydrogen-bond acceptors (Lipinski definition) is 7. The summed E-state index contributed by atoms with van der Waals surface area (Å²) in [6.07, 6.45) is 0. The monoisotopic (exact) mass is 655 g/mol. The van der Waals surface area contributed by atoms with E-state index in [9.17, 15) is 19.2 Å². The van der Waals surface area contributed by atoms with Gasteiger partial charge in [0, 0.05) is 31.5 Å². The fourth-order valence-electron chi connectivity index (χ4n) is 4.95. The predicted molar refractivity (Wildman–Crippen MR) is 159 cm³/mol. The van der Waals surface area contributed by atoms with Crippen molar-refractivity contribution in [3.63, 3.8) is 0 Å². The number of amides is 3. The van der Waals surface area contributed by atoms with Crippen molar-refractivity contribution < 1.29 is 19.1 Å². The minimum Gasteiger partial charge on any atom is -0.483 e. The van der Waals surface area contributed by atoms with Crippen LogP contribution in [0.1, 0.15) is 16.4 Å². The molecule has 3 aromatic carbocycles. The lowest BCUT2D eigenvalue weighted by Crippen LogP contribution is -2.32. The second kappa shape index (κ2) is 10.9. The largest absolute Gasteiger partial charge is 0.483 e. The zero-order chi connectivity index (χ0) is 28.0. The van der Waals surface area contributed by atoms with Crippen LogP contribution in [-0.4, -0.2) is 34.6 Å². The highest BCUT2D eigenvalue weighted by atomic mass is 79.9. The number of aromatic nitrogens is 1. The number of carbonyl (C=O) groups excluding carboxylic acids is 3. The van der Waals surface area contributed by atoms with E-state index in [1.54, 1.807) is 54.6 Å². The van der Waals surface area contributed by atoms with E-state index in [0.29, 0.717) is 37.6 Å². The number of thiazole rings is 1. The number of rotatable bonds is 6. The van der Waals surface area contributed by atoms with Crippen molar-refractivity contribution in [3.8, 4) is 5.75 Å². The van der Waals surface area contributed by atoms with Gasteiger partial charge in [-0.1, -0.05) is 68.8 Å². The molecule has 0 aliphatic carbocycles. The molecule has 2 aliphatic rings. The van der Waals surface area contributed by atoms with Gasteiger partial charge < -0.3 is 15.0 Å². The van der Waals surface area contributed by atoms with Crippen molar-refractivity contribution in [2.45, 2.75) is 16.2 Å². The molecule has 40 heavy (non-hydrogen) atoms. The molecular weight excluding hydrogens is 638 g/mol. The molecule has 1 fully saturated rings. The molecule has 0 saturated carbocycles. The number of aromatic amines is 1. The minimum atomic E-state index is -0.820. The van der Waals surface area contributed by atoms with Gasteiger partial charge in [0.25, 0.3) is 5.91 Å². The van der Waals surface area contributed by atoms with Crippen LogP contribution in [0.15, 0.2) is 87.1 Å². The molecule has 0 bridgehead atoms. The summed E-state index contributed by atoms with van der Waals surface area (Å²) < 4.78 is 6.78. The van der Waals surface area contributed by atoms with Gasteiger partial charge in [-0.2, -0.15) is 0 Å². The molecule has 12 heteroatoms. The van der Waals surface area contributed by atoms with Crippen LogP contribution < -0.4 is 19.8 Å². The third kappa shape index (κ3) is 4.98. The summed E-state index contributed by atoms with van der Waals surface area (Å²) in [5.74, 6) is -2.31. The van der Waals surface area contributed by atoms with E-state index < -0.39 is 17.1 Å². The van der Waals surface area contributed by atoms with Gasteiger partial charge >= 0.3 is 4.87 Å². The molecule has 1 saturated heterocycles. The maximum Gasteiger partial charge on any atom is 0.305 e. The normalized spacial score (nSPS) is 19.8. The standard InChI is InChI=1S/C28H19BrClN3O5S2/c29-14-6-9-17(10-7-14)33-26(35)22-21(23-25(32-28(37)40-23)39-24(22)27(33)36)18-12-15(30)8-11-19(18)38-13-20(34)31-16-4-2-1-3-5-16/h1-12,21-22,24H,13H2,(H,31,34)(H,32,37). The highest BCUT2D eigenvalue weighted by molar-refractivity contribution is 9.10. The van der Waals surface area contributed by atoms with Crippen LogP contribution in [0.25, 0.3) is 0 Å². The molecule has 2 N–H and O–H groups in total. The summed E-state index contributed by atoms with van der Waals surface area (Å²) in [6, 6.07) is 20.8. The van der Waals surface area contributed by atoms with Crippen molar-refractivity contribution in [2.24, 2.45) is 5.92 Å². The van der Waals surface area contributed by atoms with Gasteiger partial charge in [-0.15, -0.1) is 0 Å². The van der Waals surface area contributed by atoms with Crippen LogP contribution in [0.5, 0.6) is 5.75 Å². The third-order valence-corrected chi connectivity index (χ3v) is 9.80. The molecule has 8 nitrogen and oxygen atoms in total. The van der Waals surface area contributed by atoms with Crippen molar-refractivity contribution in [3.05, 3.63) is 102 Å². The molecule has 2 aliphatic heterocycles. The number of para-hydroxylation sites is 1. The molecule has 3 amide bonds. The number of hydrogen-bond donors (Lipinski definition) is 2. The van der Waals surface area contributed by atoms with E-state index in [4.69, 9.17) is 16.3 Å². The van der Waals surface area contributed by atoms with Crippen LogP contribution in [0.3, 0.4) is 0 Å². The Labute approximate surface area is 249 Å². The van der Waals surface area contributed by atoms with Crippen molar-refractivity contribution in [1.82, 2.24) is 4.98 Å². The Morgan fingerprint density at radius 1 is 1.02 bits per heavy atom. The molecule has 6 rings (SSSR count). The van der Waals surface area contributed by atoms with Gasteiger partial charge in [-0.3, -0.25) is 19.2 Å². The SMILES string of the molecule is O=C(COc1ccc(Cl)cc1C1c2sc(=O)[nH]c2SC2C(=O)N(c3ccc(Br)cc3)C(=O)C21)Nc1ccccc1. The summed E-state index contributed by atoms with van der Waals surface area (Å²) in [5.41, 5.74) is 1.61. The molecule has 202 valence electrons. The smallest absolute Gasteiger partial charge is 0.305 e. The Kier molecular flexibility index (Phi) is 7.30. The van der Waals surface area contributed by atoms with Gasteiger partial charge in [-0.25, -0.2) is 4.90 Å². The van der Waals surface area contributed by atoms with Crippen LogP contribution in [0.4, 0.5) is 11.4 Å². The number of carbonyl (C=O) groups is 3. The van der Waals surface area contributed by atoms with Gasteiger partial charge in [0.05, 0.1) is 16.6 Å². The first-order valence-corrected chi connectivity index (χ1v) is 15.0. The topological polar surface area (TPSA) is 109 Å². The predicted octanol–water partition coefficient (Wildman–Crippen LogP) is 5.67. The fraction of sp³-hybridized carbons (Fsp3) is 0.143. The van der Waals surface area contributed by atoms with E-state index in [2.05, 4.69) is 26.2 Å². The first-order valence-electron chi connectivity index (χ1n) is 12.1. The molecule has 0 spiro atoms. The molecular formula is C28H19BrClN3O5S2. The highest BCUT2D eigenvalue weighted by Gasteiger charge is 2.56. The first-order chi connectivity index (χ1) is 19.3. The number of thioether (sulfide) groups is 1. The highest BCUT2D eigenvalue weighted by Crippen LogP contribution is 2.54. The van der Waals surface area contributed by atoms with Gasteiger partial charge in [0.1, 0.15) is 11.0 Å². The van der Waals surface area contributed by atoms with Crippen molar-refractivity contribution >= 4 is 79.7 Å². The molecule has 3 unspecified atom stereocenters. The number of imide groups is 1. The Morgan fingerprint density at radius 3 is 2.52 bits per heavy atom. The van der Waals surface area contributed by atoms with Gasteiger partial charge in [0.15, 0.2) is 6.61 Å². The summed E-state index contributed by atoms with van der Waals surface area (Å²) >= 11 is 12.0. The maximum absolute atomic E-state index is 14.0. The number of halogens is 2. The molecule has 3 heterocycles. The maximum atomic E-state index is 14.0. The first kappa shape index (κ1) is 26.8. The summed E-state index contributed by atoms with van der Waals surface area (Å²) in [6.45, 7) is -0.298. The number of H-pyrrole nitrogens is 1. The summed E-state index contributed by atoms with van der Waals surface area (Å²) in [4.78, 5) is 57.0. The lowest BCUT2D eigenvalue weighted by molar-refractivity contribution is -0.122. The summed E-state index contributed by atoms with van der Waals surface area (Å²) in [5, 5.41) is 2.92. The number of anilines is 2. The number of nitrogens with one attached hydrogen (secondary N) is 2. The lowest BCUT2D eigenvalue weighted by atomic mass is 9.82. The molecule has 4 aromatic rings. The van der Waals surface area contributed by atoms with Gasteiger partial charge in [-0.05, 0) is 54.6 Å². The van der Waals surface area contributed by atoms with E-state index in [-0.39, 0.29) is 29.2 Å². The third-order valence-electron chi connectivity index (χ3n) is 6.63. The number of benzene rings is 3. The van der Waals surface area contributed by atoms with Crippen LogP contribution in [0, 0.1) is 5.92 Å². The van der Waals surface area contributed by atoms with Crippen LogP contribution >= 0.6 is 50.6 Å². The molecule has 3 atom stereocenters. The Bertz CT molecular complexity index is 1690. The number of nitrogens with zero attached hydrogens (tertiary/aromatic N) is 1. The van der Waals surface area contributed by atoms with Crippen LogP contribution in [0.2, 0.25) is 5.02 Å². The Balaban J connectivity index is 1.37. The van der Waals surface area contributed by atoms with Crippen molar-refractivity contribution in [1.29, 1.82) is 0 Å². The quantitative estimate of drug-likeness (QED) is 0.259. The number of ether oxygens (including phenoxy) is 1. The Hall–Kier alpha value is -3.38. The van der Waals surface area contributed by atoms with Crippen molar-refractivity contribution in [2.75, 3.05) is 16.8 Å². The summed E-state index contributed by atoms with van der Waals surface area (Å²) in [7, 11) is 0.